The molecule has 3 rings (SSSR count). The van der Waals surface area contributed by atoms with Gasteiger partial charge < -0.3 is 10.0 Å². The normalized spacial score (nSPS) is 23.4. The van der Waals surface area contributed by atoms with Gasteiger partial charge in [0, 0.05) is 19.3 Å². The Morgan fingerprint density at radius 3 is 2.57 bits per heavy atom. The zero-order valence-corrected chi connectivity index (χ0v) is 17.8. The van der Waals surface area contributed by atoms with E-state index >= 15 is 0 Å². The number of hydrogen-bond acceptors (Lipinski definition) is 5. The zero-order valence-electron chi connectivity index (χ0n) is 16.3. The number of carboxylic acid groups (broad SMARTS) is 1. The van der Waals surface area contributed by atoms with Crippen molar-refractivity contribution in [3.63, 3.8) is 0 Å². The van der Waals surface area contributed by atoms with Gasteiger partial charge in [-0.1, -0.05) is 32.4 Å². The van der Waals surface area contributed by atoms with Crippen molar-refractivity contribution in [1.82, 2.24) is 19.9 Å². The maximum Gasteiger partial charge on any atom is 0.408 e. The van der Waals surface area contributed by atoms with E-state index in [0.29, 0.717) is 24.3 Å². The van der Waals surface area contributed by atoms with Crippen molar-refractivity contribution in [1.29, 1.82) is 0 Å². The first-order valence-electron chi connectivity index (χ1n) is 8.81. The molecule has 10 heteroatoms. The van der Waals surface area contributed by atoms with E-state index in [2.05, 4.69) is 15.0 Å². The average molecular weight is 430 g/mol. The molecule has 152 valence electrons. The highest BCUT2D eigenvalue weighted by molar-refractivity contribution is 6.30. The molecule has 0 aromatic carbocycles. The average Bonchev–Trinajstić information content (AvgIpc) is 2.56. The van der Waals surface area contributed by atoms with E-state index in [1.54, 1.807) is 0 Å². The molecule has 0 radical (unpaired) electrons. The van der Waals surface area contributed by atoms with Crippen molar-refractivity contribution in [3.05, 3.63) is 22.5 Å². The molecule has 0 bridgehead atoms. The molecular formula is C18H22Cl2FN5O2. The van der Waals surface area contributed by atoms with Gasteiger partial charge in [0.25, 0.3) is 0 Å². The van der Waals surface area contributed by atoms with Crippen molar-refractivity contribution in [2.45, 2.75) is 46.2 Å². The van der Waals surface area contributed by atoms with Gasteiger partial charge in [-0.25, -0.2) is 19.2 Å². The van der Waals surface area contributed by atoms with E-state index in [1.165, 1.54) is 11.1 Å². The minimum atomic E-state index is -0.977. The van der Waals surface area contributed by atoms with Crippen LogP contribution < -0.4 is 4.90 Å². The van der Waals surface area contributed by atoms with E-state index in [1.807, 2.05) is 39.5 Å². The molecule has 1 amide bonds. The highest BCUT2D eigenvalue weighted by atomic mass is 35.5. The van der Waals surface area contributed by atoms with Crippen LogP contribution in [0.3, 0.4) is 0 Å². The number of halogens is 3. The van der Waals surface area contributed by atoms with E-state index in [0.717, 1.165) is 0 Å². The van der Waals surface area contributed by atoms with Crippen LogP contribution in [0.15, 0.2) is 6.20 Å². The third kappa shape index (κ3) is 3.22. The molecule has 3 heterocycles. The molecule has 0 unspecified atom stereocenters. The first-order valence-corrected chi connectivity index (χ1v) is 9.57. The number of carbonyl (C=O) groups is 1. The number of nitrogens with zero attached hydrogens (tertiary/aromatic N) is 5. The molecule has 1 saturated heterocycles. The fourth-order valence-corrected chi connectivity index (χ4v) is 4.10. The van der Waals surface area contributed by atoms with Gasteiger partial charge >= 0.3 is 6.09 Å². The molecule has 0 saturated carbocycles. The summed E-state index contributed by atoms with van der Waals surface area (Å²) in [5.74, 6) is -0.356. The van der Waals surface area contributed by atoms with Crippen LogP contribution in [0.2, 0.25) is 10.4 Å². The summed E-state index contributed by atoms with van der Waals surface area (Å²) in [6.07, 6.45) is 0.435. The van der Waals surface area contributed by atoms with Crippen LogP contribution >= 0.6 is 23.2 Å². The Hall–Kier alpha value is -1.93. The Balaban J connectivity index is 2.18. The zero-order chi connectivity index (χ0) is 21.0. The van der Waals surface area contributed by atoms with Gasteiger partial charge in [0.2, 0.25) is 5.28 Å². The van der Waals surface area contributed by atoms with E-state index in [4.69, 9.17) is 23.2 Å². The summed E-state index contributed by atoms with van der Waals surface area (Å²) in [6, 6.07) is -0.329. The summed E-state index contributed by atoms with van der Waals surface area (Å²) in [6.45, 7) is 10.4. The van der Waals surface area contributed by atoms with Crippen LogP contribution in [0.25, 0.3) is 10.9 Å². The topological polar surface area (TPSA) is 82.5 Å². The lowest BCUT2D eigenvalue weighted by atomic mass is 9.71. The number of amides is 1. The van der Waals surface area contributed by atoms with Crippen molar-refractivity contribution in [2.75, 3.05) is 18.0 Å². The van der Waals surface area contributed by atoms with E-state index in [-0.39, 0.29) is 27.4 Å². The molecule has 1 N–H and O–H groups in total. The highest BCUT2D eigenvalue weighted by Crippen LogP contribution is 2.42. The van der Waals surface area contributed by atoms with Crippen molar-refractivity contribution >= 4 is 46.0 Å². The predicted molar refractivity (Wildman–Crippen MR) is 107 cm³/mol. The van der Waals surface area contributed by atoms with Crippen LogP contribution in [0.5, 0.6) is 0 Å². The second-order valence-corrected chi connectivity index (χ2v) is 9.04. The lowest BCUT2D eigenvalue weighted by Crippen LogP contribution is -2.70. The second kappa shape index (κ2) is 6.84. The number of anilines is 1. The highest BCUT2D eigenvalue weighted by Gasteiger charge is 2.51. The fourth-order valence-electron chi connectivity index (χ4n) is 3.79. The van der Waals surface area contributed by atoms with Crippen molar-refractivity contribution in [2.24, 2.45) is 5.41 Å². The monoisotopic (exact) mass is 429 g/mol. The number of hydrogen-bond donors (Lipinski definition) is 1. The minimum Gasteiger partial charge on any atom is -0.465 e. The summed E-state index contributed by atoms with van der Waals surface area (Å²) < 4.78 is 14.5. The van der Waals surface area contributed by atoms with Gasteiger partial charge in [0.1, 0.15) is 11.3 Å². The molecule has 2 aromatic heterocycles. The SMILES string of the molecule is C[C@@H]1CN(c2nc(Cl)nc3c(F)c(Cl)ncc23)C[C@](C)(C(C)(C)C)N1C(=O)O. The molecule has 1 aliphatic rings. The number of aromatic nitrogens is 3. The predicted octanol–water partition coefficient (Wildman–Crippen LogP) is 4.46. The lowest BCUT2D eigenvalue weighted by molar-refractivity contribution is -0.0171. The molecule has 7 nitrogen and oxygen atoms in total. The smallest absolute Gasteiger partial charge is 0.408 e. The third-order valence-electron chi connectivity index (χ3n) is 5.67. The van der Waals surface area contributed by atoms with E-state index < -0.39 is 17.4 Å². The largest absolute Gasteiger partial charge is 0.465 e. The van der Waals surface area contributed by atoms with Crippen LogP contribution in [0.1, 0.15) is 34.6 Å². The van der Waals surface area contributed by atoms with Crippen LogP contribution in [-0.4, -0.2) is 55.7 Å². The number of piperazine rings is 1. The van der Waals surface area contributed by atoms with E-state index in [9.17, 15) is 14.3 Å². The van der Waals surface area contributed by atoms with Crippen molar-refractivity contribution < 1.29 is 14.3 Å². The van der Waals surface area contributed by atoms with Crippen molar-refractivity contribution in [3.8, 4) is 0 Å². The van der Waals surface area contributed by atoms with Gasteiger partial charge in [-0.3, -0.25) is 4.90 Å². The minimum absolute atomic E-state index is 0.0132. The first kappa shape index (κ1) is 20.8. The maximum absolute atomic E-state index is 14.5. The Kier molecular flexibility index (Phi) is 5.08. The number of rotatable bonds is 1. The summed E-state index contributed by atoms with van der Waals surface area (Å²) in [5, 5.41) is 9.80. The summed E-state index contributed by atoms with van der Waals surface area (Å²) in [7, 11) is 0. The quantitative estimate of drug-likeness (QED) is 0.531. The Morgan fingerprint density at radius 2 is 2.00 bits per heavy atom. The molecule has 0 aliphatic carbocycles. The Labute approximate surface area is 172 Å². The van der Waals surface area contributed by atoms with Crippen LogP contribution in [-0.2, 0) is 0 Å². The Bertz CT molecular complexity index is 952. The fraction of sp³-hybridized carbons (Fsp3) is 0.556. The van der Waals surface area contributed by atoms with Gasteiger partial charge in [-0.05, 0) is 30.9 Å². The molecular weight excluding hydrogens is 408 g/mol. The van der Waals surface area contributed by atoms with Crippen LogP contribution in [0.4, 0.5) is 15.0 Å². The first-order chi connectivity index (χ1) is 12.9. The van der Waals surface area contributed by atoms with Gasteiger partial charge in [0.05, 0.1) is 17.0 Å². The molecule has 0 spiro atoms. The lowest BCUT2D eigenvalue weighted by Gasteiger charge is -2.57. The molecule has 2 atom stereocenters. The molecule has 1 fully saturated rings. The molecule has 28 heavy (non-hydrogen) atoms. The third-order valence-corrected chi connectivity index (χ3v) is 6.10. The molecule has 2 aromatic rings. The van der Waals surface area contributed by atoms with Crippen LogP contribution in [0, 0.1) is 11.2 Å². The van der Waals surface area contributed by atoms with Gasteiger partial charge in [-0.2, -0.15) is 4.98 Å². The number of fused-ring (bicyclic) bond motifs is 1. The second-order valence-electron chi connectivity index (χ2n) is 8.35. The summed E-state index contributed by atoms with van der Waals surface area (Å²) >= 11 is 11.8. The standard InChI is InChI=1S/C18H22Cl2FN5O2/c1-9-7-25(8-18(5,17(2,3)4)26(9)16(27)28)14-10-6-22-13(19)11(21)12(10)23-15(20)24-14/h6,9H,7-8H2,1-5H3,(H,27,28)/t9-,18-/m1/s1. The molecule has 1 aliphatic heterocycles. The maximum atomic E-state index is 14.5. The van der Waals surface area contributed by atoms with Gasteiger partial charge in [0.15, 0.2) is 11.0 Å². The summed E-state index contributed by atoms with van der Waals surface area (Å²) in [4.78, 5) is 27.6. The summed E-state index contributed by atoms with van der Waals surface area (Å²) in [5.41, 5.74) is -1.13. The number of pyridine rings is 1. The Morgan fingerprint density at radius 1 is 1.36 bits per heavy atom. The van der Waals surface area contributed by atoms with Gasteiger partial charge in [-0.15, -0.1) is 0 Å².